The van der Waals surface area contributed by atoms with Crippen LogP contribution in [-0.2, 0) is 4.79 Å². The number of nitrogens with zero attached hydrogens (tertiary/aromatic N) is 2. The summed E-state index contributed by atoms with van der Waals surface area (Å²) in [4.78, 5) is 18.5. The van der Waals surface area contributed by atoms with Crippen molar-refractivity contribution >= 4 is 17.5 Å². The topological polar surface area (TPSA) is 32.8 Å². The summed E-state index contributed by atoms with van der Waals surface area (Å²) in [5, 5.41) is 0.704. The first-order chi connectivity index (χ1) is 15.6. The molecule has 1 fully saturated rings. The quantitative estimate of drug-likeness (QED) is 0.491. The van der Waals surface area contributed by atoms with E-state index in [1.54, 1.807) is 0 Å². The molecule has 32 heavy (non-hydrogen) atoms. The Morgan fingerprint density at radius 1 is 0.969 bits per heavy atom. The molecule has 2 aliphatic heterocycles. The molecule has 0 aromatic heterocycles. The van der Waals surface area contributed by atoms with Crippen molar-refractivity contribution < 1.29 is 9.53 Å². The summed E-state index contributed by atoms with van der Waals surface area (Å²) < 4.78 is 6.11. The van der Waals surface area contributed by atoms with E-state index in [1.165, 1.54) is 12.8 Å². The highest BCUT2D eigenvalue weighted by Crippen LogP contribution is 2.45. The molecule has 0 saturated carbocycles. The first-order valence-electron chi connectivity index (χ1n) is 11.2. The van der Waals surface area contributed by atoms with Gasteiger partial charge < -0.3 is 14.5 Å². The Balaban J connectivity index is 1.52. The maximum absolute atomic E-state index is 14.1. The van der Waals surface area contributed by atoms with Crippen LogP contribution in [0.15, 0.2) is 72.8 Å². The minimum absolute atomic E-state index is 0.0555. The van der Waals surface area contributed by atoms with Gasteiger partial charge in [-0.15, -0.1) is 0 Å². The van der Waals surface area contributed by atoms with Crippen molar-refractivity contribution in [2.45, 2.75) is 24.8 Å². The zero-order chi connectivity index (χ0) is 22.1. The number of amides is 1. The number of carbonyl (C=O) groups is 1. The van der Waals surface area contributed by atoms with E-state index in [9.17, 15) is 4.79 Å². The molecule has 3 aromatic rings. The van der Waals surface area contributed by atoms with E-state index in [1.807, 2.05) is 84.7 Å². The second-order valence-corrected chi connectivity index (χ2v) is 9.07. The van der Waals surface area contributed by atoms with Gasteiger partial charge in [0.15, 0.2) is 0 Å². The highest BCUT2D eigenvalue weighted by molar-refractivity contribution is 6.30. The van der Waals surface area contributed by atoms with E-state index >= 15 is 0 Å². The van der Waals surface area contributed by atoms with Gasteiger partial charge in [0, 0.05) is 29.7 Å². The predicted octanol–water partition coefficient (Wildman–Crippen LogP) is 5.87. The molecule has 1 atom stereocenters. The number of ether oxygens (including phenoxy) is 1. The van der Waals surface area contributed by atoms with Gasteiger partial charge in [0.25, 0.3) is 0 Å². The fourth-order valence-electron chi connectivity index (χ4n) is 4.88. The lowest BCUT2D eigenvalue weighted by Crippen LogP contribution is -2.41. The summed E-state index contributed by atoms with van der Waals surface area (Å²) in [5.41, 5.74) is 2.93. The van der Waals surface area contributed by atoms with Gasteiger partial charge in [0.2, 0.25) is 5.91 Å². The minimum Gasteiger partial charge on any atom is -0.457 e. The van der Waals surface area contributed by atoms with E-state index in [4.69, 9.17) is 16.3 Å². The Morgan fingerprint density at radius 2 is 1.53 bits per heavy atom. The van der Waals surface area contributed by atoms with Crippen LogP contribution in [0.2, 0.25) is 5.02 Å². The van der Waals surface area contributed by atoms with Crippen LogP contribution >= 0.6 is 11.6 Å². The fourth-order valence-corrected chi connectivity index (χ4v) is 5.01. The van der Waals surface area contributed by atoms with Crippen LogP contribution in [0.25, 0.3) is 0 Å². The third-order valence-corrected chi connectivity index (χ3v) is 6.88. The number of rotatable bonds is 5. The fraction of sp³-hybridized carbons (Fsp3) is 0.296. The molecule has 0 unspecified atom stereocenters. The highest BCUT2D eigenvalue weighted by atomic mass is 35.5. The normalized spacial score (nSPS) is 16.7. The Morgan fingerprint density at radius 3 is 2.12 bits per heavy atom. The molecule has 1 saturated heterocycles. The largest absolute Gasteiger partial charge is 0.457 e. The molecule has 1 amide bonds. The number of para-hydroxylation sites is 2. The number of benzene rings is 3. The molecule has 0 bridgehead atoms. The third-order valence-electron chi connectivity index (χ3n) is 6.63. The van der Waals surface area contributed by atoms with Crippen LogP contribution in [0.1, 0.15) is 41.5 Å². The average Bonchev–Trinajstić information content (AvgIpc) is 3.34. The number of halogens is 1. The molecule has 0 spiro atoms. The number of hydrogen-bond donors (Lipinski definition) is 0. The monoisotopic (exact) mass is 446 g/mol. The second-order valence-electron chi connectivity index (χ2n) is 8.63. The van der Waals surface area contributed by atoms with Crippen LogP contribution < -0.4 is 4.74 Å². The van der Waals surface area contributed by atoms with Crippen molar-refractivity contribution in [1.29, 1.82) is 0 Å². The van der Waals surface area contributed by atoms with Gasteiger partial charge in [-0.25, -0.2) is 0 Å². The lowest BCUT2D eigenvalue weighted by Gasteiger charge is -2.36. The van der Waals surface area contributed by atoms with Crippen molar-refractivity contribution in [2.24, 2.45) is 0 Å². The molecule has 0 radical (unpaired) electrons. The molecule has 5 heteroatoms. The van der Waals surface area contributed by atoms with Gasteiger partial charge in [0.05, 0.1) is 12.0 Å². The first-order valence-corrected chi connectivity index (χ1v) is 11.6. The molecule has 2 aliphatic rings. The molecule has 164 valence electrons. The summed E-state index contributed by atoms with van der Waals surface area (Å²) in [6.07, 6.45) is 2.43. The highest BCUT2D eigenvalue weighted by Gasteiger charge is 2.37. The van der Waals surface area contributed by atoms with E-state index < -0.39 is 5.92 Å². The number of likely N-dealkylation sites (N-methyl/N-ethyl adjacent to an activating group) is 1. The molecule has 0 aliphatic carbocycles. The zero-order valence-electron chi connectivity index (χ0n) is 18.2. The van der Waals surface area contributed by atoms with Crippen LogP contribution in [0.5, 0.6) is 11.5 Å². The molecular weight excluding hydrogens is 420 g/mol. The van der Waals surface area contributed by atoms with E-state index in [-0.39, 0.29) is 11.9 Å². The maximum atomic E-state index is 14.1. The number of hydrogen-bond acceptors (Lipinski definition) is 3. The standard InChI is InChI=1S/C27H27ClN2O2/c1-29(23(18-30-16-6-7-17-30)19-12-14-20(28)15-13-19)27(31)26-21-8-2-4-10-24(21)32-25-11-5-3-9-22(25)26/h2-5,8-15,23,26H,6-7,16-18H2,1H3/t23-/m1/s1. The number of likely N-dealkylation sites (tertiary alicyclic amines) is 1. The van der Waals surface area contributed by atoms with Gasteiger partial charge in [-0.05, 0) is 55.8 Å². The Kier molecular flexibility index (Phi) is 5.90. The summed E-state index contributed by atoms with van der Waals surface area (Å²) in [5.74, 6) is 1.18. The van der Waals surface area contributed by atoms with Crippen LogP contribution in [0, 0.1) is 0 Å². The Bertz CT molecular complexity index is 1060. The minimum atomic E-state index is -0.394. The average molecular weight is 447 g/mol. The second kappa shape index (κ2) is 8.97. The smallest absolute Gasteiger partial charge is 0.235 e. The molecule has 2 heterocycles. The first kappa shape index (κ1) is 21.0. The van der Waals surface area contributed by atoms with Crippen molar-refractivity contribution in [1.82, 2.24) is 9.80 Å². The Hall–Kier alpha value is -2.82. The van der Waals surface area contributed by atoms with Gasteiger partial charge in [-0.1, -0.05) is 60.1 Å². The lowest BCUT2D eigenvalue weighted by molar-refractivity contribution is -0.133. The van der Waals surface area contributed by atoms with Crippen LogP contribution in [0.4, 0.5) is 0 Å². The van der Waals surface area contributed by atoms with Gasteiger partial charge in [0.1, 0.15) is 11.5 Å². The van der Waals surface area contributed by atoms with E-state index in [0.717, 1.165) is 47.8 Å². The predicted molar refractivity (Wildman–Crippen MR) is 127 cm³/mol. The molecular formula is C27H27ClN2O2. The summed E-state index contributed by atoms with van der Waals surface area (Å²) >= 11 is 6.16. The van der Waals surface area contributed by atoms with Crippen molar-refractivity contribution in [2.75, 3.05) is 26.7 Å². The van der Waals surface area contributed by atoms with Crippen molar-refractivity contribution in [3.63, 3.8) is 0 Å². The SMILES string of the molecule is CN(C(=O)C1c2ccccc2Oc2ccccc21)[C@H](CN1CCCC1)c1ccc(Cl)cc1. The van der Waals surface area contributed by atoms with Crippen molar-refractivity contribution in [3.8, 4) is 11.5 Å². The van der Waals surface area contributed by atoms with Gasteiger partial charge >= 0.3 is 0 Å². The summed E-state index contributed by atoms with van der Waals surface area (Å²) in [6.45, 7) is 2.97. The maximum Gasteiger partial charge on any atom is 0.235 e. The number of fused-ring (bicyclic) bond motifs is 2. The van der Waals surface area contributed by atoms with Gasteiger partial charge in [-0.2, -0.15) is 0 Å². The van der Waals surface area contributed by atoms with Crippen molar-refractivity contribution in [3.05, 3.63) is 94.5 Å². The molecule has 4 nitrogen and oxygen atoms in total. The Labute approximate surface area is 194 Å². The summed E-state index contributed by atoms with van der Waals surface area (Å²) in [6, 6.07) is 23.5. The summed E-state index contributed by atoms with van der Waals surface area (Å²) in [7, 11) is 1.93. The van der Waals surface area contributed by atoms with Gasteiger partial charge in [-0.3, -0.25) is 4.79 Å². The van der Waals surface area contributed by atoms with Crippen LogP contribution in [-0.4, -0.2) is 42.4 Å². The molecule has 0 N–H and O–H groups in total. The van der Waals surface area contributed by atoms with E-state index in [0.29, 0.717) is 5.02 Å². The van der Waals surface area contributed by atoms with Crippen LogP contribution in [0.3, 0.4) is 0 Å². The lowest BCUT2D eigenvalue weighted by atomic mass is 9.86. The van der Waals surface area contributed by atoms with E-state index in [2.05, 4.69) is 4.90 Å². The molecule has 5 rings (SSSR count). The third kappa shape index (κ3) is 4.01. The molecule has 3 aromatic carbocycles. The zero-order valence-corrected chi connectivity index (χ0v) is 19.0. The number of carbonyl (C=O) groups excluding carboxylic acids is 1.